The molecule has 0 bridgehead atoms. The summed E-state index contributed by atoms with van der Waals surface area (Å²) in [6, 6.07) is 15.3. The molecule has 4 rings (SSSR count). The monoisotopic (exact) mass is 358 g/mol. The Bertz CT molecular complexity index is 1060. The van der Waals surface area contributed by atoms with Gasteiger partial charge in [0.25, 0.3) is 5.91 Å². The Hall–Kier alpha value is -3.74. The summed E-state index contributed by atoms with van der Waals surface area (Å²) in [5, 5.41) is 7.92. The summed E-state index contributed by atoms with van der Waals surface area (Å²) in [7, 11) is 0. The van der Waals surface area contributed by atoms with Gasteiger partial charge in [-0.15, -0.1) is 0 Å². The number of aromatic nitrogens is 4. The minimum Gasteiger partial charge on any atom is -0.368 e. The van der Waals surface area contributed by atoms with E-state index in [1.54, 1.807) is 6.20 Å². The summed E-state index contributed by atoms with van der Waals surface area (Å²) < 4.78 is 1.90. The molecule has 0 atom stereocenters. The molecule has 3 heterocycles. The van der Waals surface area contributed by atoms with Crippen molar-refractivity contribution in [3.63, 3.8) is 0 Å². The first kappa shape index (κ1) is 16.7. The van der Waals surface area contributed by atoms with Gasteiger partial charge in [-0.05, 0) is 23.6 Å². The number of nitrogens with one attached hydrogen (secondary N) is 2. The Morgan fingerprint density at radius 2 is 1.81 bits per heavy atom. The molecule has 4 aromatic rings. The van der Waals surface area contributed by atoms with Crippen molar-refractivity contribution in [2.24, 2.45) is 0 Å². The maximum absolute atomic E-state index is 12.4. The van der Waals surface area contributed by atoms with Crippen LogP contribution in [0, 0.1) is 0 Å². The molecule has 1 aromatic carbocycles. The average Bonchev–Trinajstić information content (AvgIpc) is 3.26. The van der Waals surface area contributed by atoms with Crippen LogP contribution in [0.5, 0.6) is 0 Å². The minimum atomic E-state index is -0.190. The highest BCUT2D eigenvalue weighted by Gasteiger charge is 2.10. The first-order valence-corrected chi connectivity index (χ1v) is 8.62. The third-order valence-electron chi connectivity index (χ3n) is 4.13. The molecule has 7 heteroatoms. The van der Waals surface area contributed by atoms with Crippen molar-refractivity contribution in [3.05, 3.63) is 79.1 Å². The SMILES string of the molecule is O=C(NCCNc1cc(-n2cccc2)ncn1)c1nccc2ccccc12. The average molecular weight is 358 g/mol. The van der Waals surface area contributed by atoms with Crippen LogP contribution in [0.2, 0.25) is 0 Å². The topological polar surface area (TPSA) is 84.7 Å². The Morgan fingerprint density at radius 1 is 0.963 bits per heavy atom. The van der Waals surface area contributed by atoms with Crippen LogP contribution in [-0.2, 0) is 0 Å². The van der Waals surface area contributed by atoms with Gasteiger partial charge in [0.1, 0.15) is 23.7 Å². The van der Waals surface area contributed by atoms with Crippen LogP contribution < -0.4 is 10.6 Å². The quantitative estimate of drug-likeness (QED) is 0.518. The van der Waals surface area contributed by atoms with Gasteiger partial charge in [0.2, 0.25) is 0 Å². The number of anilines is 1. The third-order valence-corrected chi connectivity index (χ3v) is 4.13. The summed E-state index contributed by atoms with van der Waals surface area (Å²) in [4.78, 5) is 25.1. The number of pyridine rings is 1. The van der Waals surface area contributed by atoms with E-state index in [0.717, 1.165) is 16.6 Å². The summed E-state index contributed by atoms with van der Waals surface area (Å²) >= 11 is 0. The fraction of sp³-hybridized carbons (Fsp3) is 0.100. The molecular weight excluding hydrogens is 340 g/mol. The Labute approximate surface area is 156 Å². The van der Waals surface area contributed by atoms with Crippen molar-refractivity contribution < 1.29 is 4.79 Å². The maximum Gasteiger partial charge on any atom is 0.270 e. The molecule has 0 radical (unpaired) electrons. The molecule has 0 fully saturated rings. The predicted octanol–water partition coefficient (Wildman–Crippen LogP) is 2.66. The number of nitrogens with zero attached hydrogens (tertiary/aromatic N) is 4. The zero-order chi connectivity index (χ0) is 18.5. The fourth-order valence-corrected chi connectivity index (χ4v) is 2.82. The zero-order valence-corrected chi connectivity index (χ0v) is 14.5. The molecule has 7 nitrogen and oxygen atoms in total. The number of fused-ring (bicyclic) bond motifs is 1. The van der Waals surface area contributed by atoms with Crippen LogP contribution in [-0.4, -0.2) is 38.5 Å². The lowest BCUT2D eigenvalue weighted by Gasteiger charge is -2.09. The van der Waals surface area contributed by atoms with Crippen molar-refractivity contribution in [2.45, 2.75) is 0 Å². The molecule has 0 aliphatic rings. The first-order chi connectivity index (χ1) is 13.3. The molecule has 0 saturated carbocycles. The highest BCUT2D eigenvalue weighted by Crippen LogP contribution is 2.16. The standard InChI is InChI=1S/C20H18N6O/c27-20(19-16-6-2-1-5-15(16)7-8-22-19)23-10-9-21-17-13-18(25-14-24-17)26-11-3-4-12-26/h1-8,11-14H,9-10H2,(H,23,27)(H,21,24,25). The van der Waals surface area contributed by atoms with Crippen LogP contribution in [0.4, 0.5) is 5.82 Å². The number of benzene rings is 1. The predicted molar refractivity (Wildman–Crippen MR) is 104 cm³/mol. The molecule has 2 N–H and O–H groups in total. The lowest BCUT2D eigenvalue weighted by Crippen LogP contribution is -2.29. The van der Waals surface area contributed by atoms with Crippen molar-refractivity contribution in [1.29, 1.82) is 0 Å². The normalized spacial score (nSPS) is 10.7. The van der Waals surface area contributed by atoms with Crippen LogP contribution in [0.15, 0.2) is 73.4 Å². The number of carbonyl (C=O) groups is 1. The van der Waals surface area contributed by atoms with Gasteiger partial charge in [0.15, 0.2) is 0 Å². The second-order valence-electron chi connectivity index (χ2n) is 5.92. The number of rotatable bonds is 6. The van der Waals surface area contributed by atoms with Crippen molar-refractivity contribution in [1.82, 2.24) is 24.8 Å². The van der Waals surface area contributed by atoms with E-state index in [1.807, 2.05) is 65.5 Å². The number of carbonyl (C=O) groups excluding carboxylic acids is 1. The minimum absolute atomic E-state index is 0.190. The van der Waals surface area contributed by atoms with E-state index in [9.17, 15) is 4.79 Å². The smallest absolute Gasteiger partial charge is 0.270 e. The Kier molecular flexibility index (Phi) is 4.74. The fourth-order valence-electron chi connectivity index (χ4n) is 2.82. The Morgan fingerprint density at radius 3 is 2.70 bits per heavy atom. The lowest BCUT2D eigenvalue weighted by molar-refractivity contribution is 0.0952. The van der Waals surface area contributed by atoms with Gasteiger partial charge in [-0.1, -0.05) is 24.3 Å². The molecule has 1 amide bonds. The van der Waals surface area contributed by atoms with Gasteiger partial charge in [-0.25, -0.2) is 9.97 Å². The molecule has 0 aliphatic heterocycles. The van der Waals surface area contributed by atoms with Crippen LogP contribution in [0.25, 0.3) is 16.6 Å². The van der Waals surface area contributed by atoms with E-state index in [0.29, 0.717) is 24.6 Å². The Balaban J connectivity index is 1.35. The van der Waals surface area contributed by atoms with E-state index >= 15 is 0 Å². The summed E-state index contributed by atoms with van der Waals surface area (Å²) in [6.07, 6.45) is 7.00. The largest absolute Gasteiger partial charge is 0.368 e. The van der Waals surface area contributed by atoms with E-state index in [1.165, 1.54) is 6.33 Å². The lowest BCUT2D eigenvalue weighted by atomic mass is 10.1. The molecule has 0 saturated heterocycles. The van der Waals surface area contributed by atoms with Gasteiger partial charge >= 0.3 is 0 Å². The molecule has 134 valence electrons. The molecule has 0 unspecified atom stereocenters. The number of amides is 1. The summed E-state index contributed by atoms with van der Waals surface area (Å²) in [5.41, 5.74) is 0.435. The van der Waals surface area contributed by atoms with E-state index in [-0.39, 0.29) is 5.91 Å². The molecule has 3 aromatic heterocycles. The van der Waals surface area contributed by atoms with Crippen molar-refractivity contribution in [2.75, 3.05) is 18.4 Å². The molecule has 27 heavy (non-hydrogen) atoms. The highest BCUT2D eigenvalue weighted by atomic mass is 16.1. The van der Waals surface area contributed by atoms with Gasteiger partial charge in [-0.2, -0.15) is 0 Å². The second kappa shape index (κ2) is 7.65. The van der Waals surface area contributed by atoms with Gasteiger partial charge in [-0.3, -0.25) is 9.78 Å². The van der Waals surface area contributed by atoms with Crippen LogP contribution in [0.3, 0.4) is 0 Å². The second-order valence-corrected chi connectivity index (χ2v) is 5.92. The van der Waals surface area contributed by atoms with Crippen LogP contribution >= 0.6 is 0 Å². The maximum atomic E-state index is 12.4. The van der Waals surface area contributed by atoms with Crippen LogP contribution in [0.1, 0.15) is 10.5 Å². The molecular formula is C20H18N6O. The third kappa shape index (κ3) is 3.77. The van der Waals surface area contributed by atoms with Gasteiger partial charge in [0.05, 0.1) is 0 Å². The van der Waals surface area contributed by atoms with E-state index in [2.05, 4.69) is 25.6 Å². The summed E-state index contributed by atoms with van der Waals surface area (Å²) in [5.74, 6) is 1.29. The van der Waals surface area contributed by atoms with E-state index < -0.39 is 0 Å². The first-order valence-electron chi connectivity index (χ1n) is 8.62. The molecule has 0 aliphatic carbocycles. The van der Waals surface area contributed by atoms with Crippen molar-refractivity contribution >= 4 is 22.5 Å². The molecule has 0 spiro atoms. The zero-order valence-electron chi connectivity index (χ0n) is 14.5. The van der Waals surface area contributed by atoms with E-state index in [4.69, 9.17) is 0 Å². The van der Waals surface area contributed by atoms with Gasteiger partial charge in [0, 0.05) is 43.1 Å². The van der Waals surface area contributed by atoms with Crippen molar-refractivity contribution in [3.8, 4) is 5.82 Å². The highest BCUT2D eigenvalue weighted by molar-refractivity contribution is 6.05. The number of hydrogen-bond acceptors (Lipinski definition) is 5. The van der Waals surface area contributed by atoms with Gasteiger partial charge < -0.3 is 15.2 Å². The number of hydrogen-bond donors (Lipinski definition) is 2. The summed E-state index contributed by atoms with van der Waals surface area (Å²) in [6.45, 7) is 0.991.